The lowest BCUT2D eigenvalue weighted by Crippen LogP contribution is -2.38. The molecule has 4 nitrogen and oxygen atoms in total. The quantitative estimate of drug-likeness (QED) is 0.496. The number of hydrogen-bond acceptors (Lipinski definition) is 3. The standard InChI is InChI=1S/C27H29N3OS/c1-20-10-8-9-19-30(20)24-17-15-23(16-18-24)28-27(32)29-26(31)25(21-11-4-2-5-12-21)22-13-6-3-7-14-22/h2-7,11-18,20,25H,8-10,19H2,1H3,(H2,28,29,31,32)/t20-/m1/s1. The summed E-state index contributed by atoms with van der Waals surface area (Å²) in [5.41, 5.74) is 3.95. The van der Waals surface area contributed by atoms with Crippen molar-refractivity contribution < 1.29 is 4.79 Å². The highest BCUT2D eigenvalue weighted by Gasteiger charge is 2.23. The molecular weight excluding hydrogens is 414 g/mol. The van der Waals surface area contributed by atoms with Gasteiger partial charge < -0.3 is 15.5 Å². The number of rotatable bonds is 5. The van der Waals surface area contributed by atoms with Crippen molar-refractivity contribution in [2.75, 3.05) is 16.8 Å². The van der Waals surface area contributed by atoms with E-state index in [1.165, 1.54) is 24.9 Å². The first kappa shape index (κ1) is 22.0. The maximum absolute atomic E-state index is 13.2. The predicted octanol–water partition coefficient (Wildman–Crippen LogP) is 5.71. The van der Waals surface area contributed by atoms with Crippen molar-refractivity contribution in [1.29, 1.82) is 0 Å². The number of benzene rings is 3. The molecule has 0 aromatic heterocycles. The van der Waals surface area contributed by atoms with Gasteiger partial charge in [-0.05, 0) is 73.8 Å². The van der Waals surface area contributed by atoms with Gasteiger partial charge in [-0.15, -0.1) is 0 Å². The van der Waals surface area contributed by atoms with Crippen LogP contribution in [0.15, 0.2) is 84.9 Å². The lowest BCUT2D eigenvalue weighted by molar-refractivity contribution is -0.120. The summed E-state index contributed by atoms with van der Waals surface area (Å²) in [6.07, 6.45) is 3.78. The van der Waals surface area contributed by atoms with Crippen LogP contribution in [0.3, 0.4) is 0 Å². The first-order chi connectivity index (χ1) is 15.6. The van der Waals surface area contributed by atoms with E-state index in [-0.39, 0.29) is 5.91 Å². The number of carbonyl (C=O) groups is 1. The van der Waals surface area contributed by atoms with Crippen molar-refractivity contribution in [2.24, 2.45) is 0 Å². The molecule has 3 aromatic carbocycles. The number of nitrogens with zero attached hydrogens (tertiary/aromatic N) is 1. The number of hydrogen-bond donors (Lipinski definition) is 2. The first-order valence-corrected chi connectivity index (χ1v) is 11.6. The minimum Gasteiger partial charge on any atom is -0.369 e. The Balaban J connectivity index is 1.43. The number of nitrogens with one attached hydrogen (secondary N) is 2. The van der Waals surface area contributed by atoms with Crippen molar-refractivity contribution in [1.82, 2.24) is 5.32 Å². The highest BCUT2D eigenvalue weighted by molar-refractivity contribution is 7.80. The molecule has 1 heterocycles. The number of piperidine rings is 1. The number of carbonyl (C=O) groups excluding carboxylic acids is 1. The van der Waals surface area contributed by atoms with Gasteiger partial charge >= 0.3 is 0 Å². The molecule has 164 valence electrons. The molecule has 0 aliphatic carbocycles. The molecule has 0 bridgehead atoms. The van der Waals surface area contributed by atoms with Gasteiger partial charge in [0.2, 0.25) is 5.91 Å². The lowest BCUT2D eigenvalue weighted by atomic mass is 9.90. The van der Waals surface area contributed by atoms with E-state index in [0.29, 0.717) is 11.2 Å². The Labute approximate surface area is 195 Å². The smallest absolute Gasteiger partial charge is 0.238 e. The van der Waals surface area contributed by atoms with E-state index in [2.05, 4.69) is 34.6 Å². The highest BCUT2D eigenvalue weighted by Crippen LogP contribution is 2.27. The summed E-state index contributed by atoms with van der Waals surface area (Å²) in [5, 5.41) is 6.33. The summed E-state index contributed by atoms with van der Waals surface area (Å²) in [7, 11) is 0. The zero-order chi connectivity index (χ0) is 22.3. The van der Waals surface area contributed by atoms with E-state index in [0.717, 1.165) is 23.4 Å². The molecule has 0 radical (unpaired) electrons. The van der Waals surface area contributed by atoms with Crippen molar-refractivity contribution in [3.05, 3.63) is 96.1 Å². The van der Waals surface area contributed by atoms with Gasteiger partial charge in [0.25, 0.3) is 0 Å². The van der Waals surface area contributed by atoms with Gasteiger partial charge in [-0.2, -0.15) is 0 Å². The summed E-state index contributed by atoms with van der Waals surface area (Å²) in [6.45, 7) is 3.38. The van der Waals surface area contributed by atoms with Crippen LogP contribution in [-0.4, -0.2) is 23.6 Å². The predicted molar refractivity (Wildman–Crippen MR) is 136 cm³/mol. The number of amides is 1. The van der Waals surface area contributed by atoms with Crippen LogP contribution in [0.2, 0.25) is 0 Å². The average Bonchev–Trinajstić information content (AvgIpc) is 2.81. The van der Waals surface area contributed by atoms with Crippen LogP contribution in [0.5, 0.6) is 0 Å². The van der Waals surface area contributed by atoms with E-state index >= 15 is 0 Å². The number of thiocarbonyl (C=S) groups is 1. The molecule has 0 spiro atoms. The zero-order valence-electron chi connectivity index (χ0n) is 18.3. The molecule has 4 rings (SSSR count). The Morgan fingerprint density at radius 2 is 1.50 bits per heavy atom. The van der Waals surface area contributed by atoms with Crippen LogP contribution in [0.25, 0.3) is 0 Å². The van der Waals surface area contributed by atoms with E-state index in [4.69, 9.17) is 12.2 Å². The Morgan fingerprint density at radius 3 is 2.06 bits per heavy atom. The Bertz CT molecular complexity index is 998. The van der Waals surface area contributed by atoms with Gasteiger partial charge in [-0.1, -0.05) is 60.7 Å². The van der Waals surface area contributed by atoms with Gasteiger partial charge in [-0.25, -0.2) is 0 Å². The minimum atomic E-state index is -0.430. The molecule has 32 heavy (non-hydrogen) atoms. The van der Waals surface area contributed by atoms with Crippen LogP contribution in [0.4, 0.5) is 11.4 Å². The third kappa shape index (κ3) is 5.35. The third-order valence-corrected chi connectivity index (χ3v) is 6.23. The molecular formula is C27H29N3OS. The average molecular weight is 444 g/mol. The van der Waals surface area contributed by atoms with Gasteiger partial charge in [0.05, 0.1) is 5.92 Å². The minimum absolute atomic E-state index is 0.154. The van der Waals surface area contributed by atoms with Crippen LogP contribution in [0.1, 0.15) is 43.2 Å². The van der Waals surface area contributed by atoms with Crippen LogP contribution in [-0.2, 0) is 4.79 Å². The van der Waals surface area contributed by atoms with E-state index in [9.17, 15) is 4.79 Å². The summed E-state index contributed by atoms with van der Waals surface area (Å²) in [4.78, 5) is 15.7. The second kappa shape index (κ2) is 10.4. The maximum atomic E-state index is 13.2. The molecule has 1 amide bonds. The topological polar surface area (TPSA) is 44.4 Å². The normalized spacial score (nSPS) is 15.9. The Hall–Kier alpha value is -3.18. The summed E-state index contributed by atoms with van der Waals surface area (Å²) < 4.78 is 0. The molecule has 2 N–H and O–H groups in total. The second-order valence-electron chi connectivity index (χ2n) is 8.28. The Morgan fingerprint density at radius 1 is 0.906 bits per heavy atom. The Kier molecular flexibility index (Phi) is 7.17. The monoisotopic (exact) mass is 443 g/mol. The van der Waals surface area contributed by atoms with Crippen LogP contribution >= 0.6 is 12.2 Å². The molecule has 0 unspecified atom stereocenters. The first-order valence-electron chi connectivity index (χ1n) is 11.2. The molecule has 1 aliphatic heterocycles. The highest BCUT2D eigenvalue weighted by atomic mass is 32.1. The molecule has 1 aliphatic rings. The summed E-state index contributed by atoms with van der Waals surface area (Å²) >= 11 is 5.45. The van der Waals surface area contributed by atoms with Gasteiger partial charge in [0, 0.05) is 24.0 Å². The summed E-state index contributed by atoms with van der Waals surface area (Å²) in [6, 6.07) is 28.4. The SMILES string of the molecule is C[C@@H]1CCCCN1c1ccc(NC(=S)NC(=O)C(c2ccccc2)c2ccccc2)cc1. The van der Waals surface area contributed by atoms with Crippen LogP contribution < -0.4 is 15.5 Å². The van der Waals surface area contributed by atoms with E-state index < -0.39 is 5.92 Å². The maximum Gasteiger partial charge on any atom is 0.238 e. The summed E-state index contributed by atoms with van der Waals surface area (Å²) in [5.74, 6) is -0.584. The molecule has 1 fully saturated rings. The van der Waals surface area contributed by atoms with E-state index in [1.807, 2.05) is 72.8 Å². The van der Waals surface area contributed by atoms with Gasteiger partial charge in [0.1, 0.15) is 0 Å². The molecule has 0 saturated carbocycles. The second-order valence-corrected chi connectivity index (χ2v) is 8.69. The van der Waals surface area contributed by atoms with Crippen molar-refractivity contribution >= 4 is 34.6 Å². The van der Waals surface area contributed by atoms with Crippen molar-refractivity contribution in [3.63, 3.8) is 0 Å². The lowest BCUT2D eigenvalue weighted by Gasteiger charge is -2.35. The number of anilines is 2. The van der Waals surface area contributed by atoms with E-state index in [1.54, 1.807) is 0 Å². The largest absolute Gasteiger partial charge is 0.369 e. The fourth-order valence-electron chi connectivity index (χ4n) is 4.35. The fourth-order valence-corrected chi connectivity index (χ4v) is 4.57. The van der Waals surface area contributed by atoms with Crippen LogP contribution in [0, 0.1) is 0 Å². The zero-order valence-corrected chi connectivity index (χ0v) is 19.1. The van der Waals surface area contributed by atoms with Crippen molar-refractivity contribution in [3.8, 4) is 0 Å². The molecule has 5 heteroatoms. The fraction of sp³-hybridized carbons (Fsp3) is 0.259. The molecule has 3 aromatic rings. The van der Waals surface area contributed by atoms with Gasteiger partial charge in [-0.3, -0.25) is 4.79 Å². The molecule has 1 saturated heterocycles. The third-order valence-electron chi connectivity index (χ3n) is 6.02. The molecule has 1 atom stereocenters. The van der Waals surface area contributed by atoms with Crippen molar-refractivity contribution in [2.45, 2.75) is 38.1 Å². The van der Waals surface area contributed by atoms with Gasteiger partial charge in [0.15, 0.2) is 5.11 Å².